The number of para-hydroxylation sites is 1. The highest BCUT2D eigenvalue weighted by Gasteiger charge is 2.36. The van der Waals surface area contributed by atoms with E-state index in [1.165, 1.54) is 5.01 Å². The number of thiophene rings is 1. The number of ether oxygens (including phenoxy) is 2. The van der Waals surface area contributed by atoms with E-state index >= 15 is 0 Å². The van der Waals surface area contributed by atoms with Gasteiger partial charge >= 0.3 is 0 Å². The summed E-state index contributed by atoms with van der Waals surface area (Å²) in [5, 5.41) is 8.24. The largest absolute Gasteiger partial charge is 0.496 e. The molecule has 0 spiro atoms. The van der Waals surface area contributed by atoms with Crippen LogP contribution in [0.3, 0.4) is 0 Å². The molecular formula is C25H33N3O4S. The van der Waals surface area contributed by atoms with Gasteiger partial charge in [0.25, 0.3) is 5.91 Å². The van der Waals surface area contributed by atoms with Crippen molar-refractivity contribution in [2.45, 2.75) is 39.7 Å². The van der Waals surface area contributed by atoms with Crippen LogP contribution in [-0.4, -0.2) is 61.4 Å². The molecule has 1 unspecified atom stereocenters. The van der Waals surface area contributed by atoms with Crippen LogP contribution in [0.15, 0.2) is 46.9 Å². The van der Waals surface area contributed by atoms with Gasteiger partial charge in [0.2, 0.25) is 5.91 Å². The van der Waals surface area contributed by atoms with Crippen molar-refractivity contribution in [2.24, 2.45) is 10.5 Å². The van der Waals surface area contributed by atoms with Crippen molar-refractivity contribution in [3.63, 3.8) is 0 Å². The monoisotopic (exact) mass is 471 g/mol. The van der Waals surface area contributed by atoms with E-state index in [0.717, 1.165) is 16.2 Å². The maximum Gasteiger partial charge on any atom is 0.262 e. The summed E-state index contributed by atoms with van der Waals surface area (Å²) < 4.78 is 10.8. The quantitative estimate of drug-likeness (QED) is 0.545. The second kappa shape index (κ2) is 10.9. The van der Waals surface area contributed by atoms with Crippen molar-refractivity contribution in [3.8, 4) is 5.75 Å². The molecule has 0 saturated carbocycles. The van der Waals surface area contributed by atoms with Gasteiger partial charge in [-0.15, -0.1) is 11.3 Å². The second-order valence-electron chi connectivity index (χ2n) is 9.27. The molecule has 0 N–H and O–H groups in total. The summed E-state index contributed by atoms with van der Waals surface area (Å²) in [7, 11) is 3.21. The third kappa shape index (κ3) is 6.42. The molecule has 7 nitrogen and oxygen atoms in total. The predicted molar refractivity (Wildman–Crippen MR) is 131 cm³/mol. The zero-order chi connectivity index (χ0) is 24.0. The molecule has 1 aromatic heterocycles. The van der Waals surface area contributed by atoms with Crippen LogP contribution in [0, 0.1) is 5.41 Å². The van der Waals surface area contributed by atoms with Crippen molar-refractivity contribution >= 4 is 28.9 Å². The average molecular weight is 472 g/mol. The number of rotatable bonds is 9. The van der Waals surface area contributed by atoms with E-state index in [9.17, 15) is 9.59 Å². The maximum atomic E-state index is 13.5. The molecular weight excluding hydrogens is 438 g/mol. The number of methoxy groups -OCH3 is 2. The van der Waals surface area contributed by atoms with E-state index in [2.05, 4.69) is 0 Å². The van der Waals surface area contributed by atoms with E-state index in [1.807, 2.05) is 62.5 Å². The van der Waals surface area contributed by atoms with Crippen LogP contribution in [0.2, 0.25) is 0 Å². The second-order valence-corrected chi connectivity index (χ2v) is 10.2. The minimum Gasteiger partial charge on any atom is -0.496 e. The highest BCUT2D eigenvalue weighted by Crippen LogP contribution is 2.38. The first kappa shape index (κ1) is 24.9. The van der Waals surface area contributed by atoms with E-state index < -0.39 is 0 Å². The lowest BCUT2D eigenvalue weighted by Crippen LogP contribution is -2.43. The molecule has 178 valence electrons. The molecule has 2 aromatic rings. The predicted octanol–water partition coefficient (Wildman–Crippen LogP) is 4.35. The SMILES string of the molecule is COCCN(CC(=O)N1N=C(c2cccs2)CC1c1ccccc1OC)C(=O)CC(C)(C)C. The van der Waals surface area contributed by atoms with Crippen molar-refractivity contribution in [1.82, 2.24) is 9.91 Å². The lowest BCUT2D eigenvalue weighted by Gasteiger charge is -2.29. The molecule has 3 rings (SSSR count). The molecule has 0 saturated heterocycles. The first-order valence-electron chi connectivity index (χ1n) is 11.1. The van der Waals surface area contributed by atoms with E-state index in [-0.39, 0.29) is 29.8 Å². The lowest BCUT2D eigenvalue weighted by molar-refractivity contribution is -0.143. The summed E-state index contributed by atoms with van der Waals surface area (Å²) in [6, 6.07) is 11.4. The summed E-state index contributed by atoms with van der Waals surface area (Å²) in [4.78, 5) is 29.1. The van der Waals surface area contributed by atoms with Gasteiger partial charge in [0, 0.05) is 32.1 Å². The third-order valence-corrected chi connectivity index (χ3v) is 6.31. The summed E-state index contributed by atoms with van der Waals surface area (Å²) in [6.45, 7) is 6.70. The van der Waals surface area contributed by atoms with Gasteiger partial charge in [-0.1, -0.05) is 45.0 Å². The number of hydrazone groups is 1. The number of amides is 2. The van der Waals surface area contributed by atoms with Crippen molar-refractivity contribution in [3.05, 3.63) is 52.2 Å². The van der Waals surface area contributed by atoms with Crippen LogP contribution >= 0.6 is 11.3 Å². The Morgan fingerprint density at radius 2 is 1.94 bits per heavy atom. The first-order chi connectivity index (χ1) is 15.7. The molecule has 1 atom stereocenters. The smallest absolute Gasteiger partial charge is 0.262 e. The van der Waals surface area contributed by atoms with Crippen LogP contribution in [0.5, 0.6) is 5.75 Å². The minimum atomic E-state index is -0.298. The minimum absolute atomic E-state index is 0.0505. The normalized spacial score (nSPS) is 16.0. The van der Waals surface area contributed by atoms with Crippen molar-refractivity contribution < 1.29 is 19.1 Å². The van der Waals surface area contributed by atoms with E-state index in [1.54, 1.807) is 30.5 Å². The number of nitrogens with zero attached hydrogens (tertiary/aromatic N) is 3. The Hall–Kier alpha value is -2.71. The number of hydrogen-bond donors (Lipinski definition) is 0. The van der Waals surface area contributed by atoms with Crippen LogP contribution < -0.4 is 4.74 Å². The molecule has 0 aliphatic carbocycles. The molecule has 8 heteroatoms. The molecule has 33 heavy (non-hydrogen) atoms. The molecule has 0 fully saturated rings. The number of carbonyl (C=O) groups is 2. The van der Waals surface area contributed by atoms with Crippen molar-refractivity contribution in [2.75, 3.05) is 33.9 Å². The molecule has 1 aliphatic heterocycles. The average Bonchev–Trinajstić information content (AvgIpc) is 3.45. The van der Waals surface area contributed by atoms with Gasteiger partial charge in [-0.3, -0.25) is 9.59 Å². The van der Waals surface area contributed by atoms with Gasteiger partial charge in [0.05, 0.1) is 30.3 Å². The van der Waals surface area contributed by atoms with Gasteiger partial charge in [0.1, 0.15) is 12.3 Å². The van der Waals surface area contributed by atoms with E-state index in [0.29, 0.717) is 31.7 Å². The van der Waals surface area contributed by atoms with Crippen molar-refractivity contribution in [1.29, 1.82) is 0 Å². The Kier molecular flexibility index (Phi) is 8.26. The molecule has 2 amide bonds. The van der Waals surface area contributed by atoms with Gasteiger partial charge in [-0.2, -0.15) is 5.10 Å². The molecule has 0 radical (unpaired) electrons. The van der Waals surface area contributed by atoms with Crippen LogP contribution in [0.4, 0.5) is 0 Å². The fourth-order valence-corrected chi connectivity index (χ4v) is 4.53. The lowest BCUT2D eigenvalue weighted by atomic mass is 9.91. The molecule has 1 aliphatic rings. The number of carbonyl (C=O) groups excluding carboxylic acids is 2. The Bertz CT molecular complexity index is 982. The van der Waals surface area contributed by atoms with Crippen LogP contribution in [-0.2, 0) is 14.3 Å². The summed E-state index contributed by atoms with van der Waals surface area (Å²) in [6.07, 6.45) is 0.935. The van der Waals surface area contributed by atoms with Gasteiger partial charge < -0.3 is 14.4 Å². The molecule has 1 aromatic carbocycles. The fourth-order valence-electron chi connectivity index (χ4n) is 3.81. The number of hydrogen-bond acceptors (Lipinski definition) is 6. The number of benzene rings is 1. The fraction of sp³-hybridized carbons (Fsp3) is 0.480. The summed E-state index contributed by atoms with van der Waals surface area (Å²) >= 11 is 1.60. The summed E-state index contributed by atoms with van der Waals surface area (Å²) in [5.74, 6) is 0.419. The Morgan fingerprint density at radius 1 is 1.18 bits per heavy atom. The first-order valence-corrected chi connectivity index (χ1v) is 11.9. The topological polar surface area (TPSA) is 71.4 Å². The zero-order valence-electron chi connectivity index (χ0n) is 20.0. The van der Waals surface area contributed by atoms with Gasteiger partial charge in [0.15, 0.2) is 0 Å². The molecule has 0 bridgehead atoms. The Labute approximate surface area is 200 Å². The molecule has 2 heterocycles. The highest BCUT2D eigenvalue weighted by atomic mass is 32.1. The van der Waals surface area contributed by atoms with Crippen LogP contribution in [0.1, 0.15) is 50.1 Å². The summed E-state index contributed by atoms with van der Waals surface area (Å²) in [5.41, 5.74) is 1.58. The van der Waals surface area contributed by atoms with Gasteiger partial charge in [-0.25, -0.2) is 5.01 Å². The van der Waals surface area contributed by atoms with Gasteiger partial charge in [-0.05, 0) is 22.9 Å². The third-order valence-electron chi connectivity index (χ3n) is 5.40. The zero-order valence-corrected chi connectivity index (χ0v) is 20.9. The Morgan fingerprint density at radius 3 is 2.58 bits per heavy atom. The van der Waals surface area contributed by atoms with Crippen LogP contribution in [0.25, 0.3) is 0 Å². The Balaban J connectivity index is 1.89. The standard InChI is InChI=1S/C25H33N3O4S/c1-25(2,3)16-23(29)27(12-13-31-4)17-24(30)28-20(18-9-6-7-10-21(18)32-5)15-19(26-28)22-11-8-14-33-22/h6-11,14,20H,12-13,15-17H2,1-5H3. The van der Waals surface area contributed by atoms with E-state index in [4.69, 9.17) is 14.6 Å². The maximum absolute atomic E-state index is 13.5. The highest BCUT2D eigenvalue weighted by molar-refractivity contribution is 7.12.